The highest BCUT2D eigenvalue weighted by Gasteiger charge is 2.44. The van der Waals surface area contributed by atoms with E-state index in [4.69, 9.17) is 9.47 Å². The van der Waals surface area contributed by atoms with Crippen molar-refractivity contribution in [1.29, 1.82) is 0 Å². The molecule has 0 saturated carbocycles. The van der Waals surface area contributed by atoms with Gasteiger partial charge in [0.25, 0.3) is 0 Å². The smallest absolute Gasteiger partial charge is 0.410 e. The van der Waals surface area contributed by atoms with E-state index in [-0.39, 0.29) is 12.3 Å². The Labute approximate surface area is 210 Å². The number of aromatic nitrogens is 3. The van der Waals surface area contributed by atoms with Crippen LogP contribution in [0.3, 0.4) is 0 Å². The largest absolute Gasteiger partial charge is 0.510 e. The summed E-state index contributed by atoms with van der Waals surface area (Å²) in [6.45, 7) is 13.6. The van der Waals surface area contributed by atoms with Gasteiger partial charge in [-0.3, -0.25) is 4.98 Å². The Balaban J connectivity index is 1.67. The van der Waals surface area contributed by atoms with E-state index in [0.717, 1.165) is 0 Å². The number of rotatable bonds is 5. The van der Waals surface area contributed by atoms with Gasteiger partial charge in [0.15, 0.2) is 0 Å². The van der Waals surface area contributed by atoms with Crippen molar-refractivity contribution in [2.24, 2.45) is 0 Å². The van der Waals surface area contributed by atoms with Crippen LogP contribution in [-0.4, -0.2) is 81.6 Å². The number of aliphatic hydroxyl groups excluding tert-OH is 1. The van der Waals surface area contributed by atoms with Crippen molar-refractivity contribution in [2.45, 2.75) is 45.3 Å². The molecule has 0 spiro atoms. The van der Waals surface area contributed by atoms with E-state index in [2.05, 4.69) is 26.8 Å². The lowest BCUT2D eigenvalue weighted by molar-refractivity contribution is 0.0286. The molecule has 1 atom stereocenters. The molecule has 0 aromatic carbocycles. The number of nitrogens with one attached hydrogen (secondary N) is 1. The zero-order chi connectivity index (χ0) is 26.1. The van der Waals surface area contributed by atoms with Gasteiger partial charge in [-0.05, 0) is 40.2 Å². The summed E-state index contributed by atoms with van der Waals surface area (Å²) in [4.78, 5) is 29.7. The number of hydrogen-bond acceptors (Lipinski definition) is 9. The lowest BCUT2D eigenvalue weighted by atomic mass is 9.96. The van der Waals surface area contributed by atoms with Gasteiger partial charge < -0.3 is 29.7 Å². The summed E-state index contributed by atoms with van der Waals surface area (Å²) in [5.74, 6) is 0.297. The van der Waals surface area contributed by atoms with Crippen molar-refractivity contribution in [3.63, 3.8) is 0 Å². The predicted molar refractivity (Wildman–Crippen MR) is 134 cm³/mol. The van der Waals surface area contributed by atoms with Gasteiger partial charge in [0.1, 0.15) is 28.5 Å². The Kier molecular flexibility index (Phi) is 7.03. The molecule has 2 saturated heterocycles. The fourth-order valence-electron chi connectivity index (χ4n) is 4.14. The first-order chi connectivity index (χ1) is 17.0. The second-order valence-corrected chi connectivity index (χ2v) is 10.1. The molecule has 0 aliphatic carbocycles. The van der Waals surface area contributed by atoms with E-state index >= 15 is 0 Å². The molecule has 2 aliphatic heterocycles. The van der Waals surface area contributed by atoms with Crippen LogP contribution < -0.4 is 10.2 Å². The fraction of sp³-hybridized carbons (Fsp3) is 0.520. The molecular weight excluding hydrogens is 467 g/mol. The summed E-state index contributed by atoms with van der Waals surface area (Å²) in [5, 5.41) is 13.9. The van der Waals surface area contributed by atoms with Gasteiger partial charge >= 0.3 is 6.09 Å². The van der Waals surface area contributed by atoms with Gasteiger partial charge in [-0.2, -0.15) is 4.98 Å². The molecule has 4 rings (SSSR count). The number of likely N-dealkylation sites (tertiary alicyclic amines) is 1. The number of hydrogen-bond donors (Lipinski definition) is 2. The van der Waals surface area contributed by atoms with Crippen LogP contribution in [0, 0.1) is 12.7 Å². The molecule has 194 valence electrons. The number of carbonyl (C=O) groups is 1. The summed E-state index contributed by atoms with van der Waals surface area (Å²) in [6.07, 6.45) is 1.49. The highest BCUT2D eigenvalue weighted by Crippen LogP contribution is 2.33. The van der Waals surface area contributed by atoms with E-state index in [1.54, 1.807) is 40.0 Å². The summed E-state index contributed by atoms with van der Waals surface area (Å²) in [6, 6.07) is 3.06. The van der Waals surface area contributed by atoms with Gasteiger partial charge in [-0.25, -0.2) is 14.2 Å². The second kappa shape index (κ2) is 9.88. The van der Waals surface area contributed by atoms with E-state index in [0.29, 0.717) is 68.0 Å². The molecule has 11 heteroatoms. The Bertz CT molecular complexity index is 1150. The van der Waals surface area contributed by atoms with Crippen molar-refractivity contribution in [1.82, 2.24) is 19.9 Å². The minimum absolute atomic E-state index is 0.121. The van der Waals surface area contributed by atoms with Crippen molar-refractivity contribution in [3.8, 4) is 11.3 Å². The highest BCUT2D eigenvalue weighted by atomic mass is 19.1. The Morgan fingerprint density at radius 2 is 1.97 bits per heavy atom. The van der Waals surface area contributed by atoms with Crippen molar-refractivity contribution < 1.29 is 23.8 Å². The van der Waals surface area contributed by atoms with E-state index in [9.17, 15) is 14.3 Å². The van der Waals surface area contributed by atoms with Gasteiger partial charge in [0.05, 0.1) is 31.1 Å². The minimum atomic E-state index is -1.04. The fourth-order valence-corrected chi connectivity index (χ4v) is 4.14. The molecule has 0 radical (unpaired) electrons. The van der Waals surface area contributed by atoms with E-state index in [1.807, 2.05) is 4.90 Å². The van der Waals surface area contributed by atoms with Crippen LogP contribution in [0.1, 0.15) is 32.9 Å². The molecule has 2 aromatic rings. The number of anilines is 2. The number of nitrogens with zero attached hydrogens (tertiary/aromatic N) is 5. The van der Waals surface area contributed by atoms with Crippen LogP contribution in [0.15, 0.2) is 30.7 Å². The zero-order valence-electron chi connectivity index (χ0n) is 21.2. The van der Waals surface area contributed by atoms with Crippen molar-refractivity contribution in [3.05, 3.63) is 42.2 Å². The number of aliphatic hydroxyl groups is 1. The van der Waals surface area contributed by atoms with Crippen LogP contribution >= 0.6 is 0 Å². The maximum Gasteiger partial charge on any atom is 0.410 e. The molecule has 1 amide bonds. The van der Waals surface area contributed by atoms with Crippen LogP contribution in [0.5, 0.6) is 0 Å². The molecule has 36 heavy (non-hydrogen) atoms. The number of morpholine rings is 1. The quantitative estimate of drug-likeness (QED) is 0.594. The summed E-state index contributed by atoms with van der Waals surface area (Å²) >= 11 is 0. The highest BCUT2D eigenvalue weighted by molar-refractivity contribution is 5.70. The average Bonchev–Trinajstić information content (AvgIpc) is 3.26. The van der Waals surface area contributed by atoms with Crippen LogP contribution in [0.25, 0.3) is 11.3 Å². The molecular formula is C25H33FN6O4. The summed E-state index contributed by atoms with van der Waals surface area (Å²) < 4.78 is 25.3. The molecule has 2 N–H and O–H groups in total. The Morgan fingerprint density at radius 3 is 2.61 bits per heavy atom. The van der Waals surface area contributed by atoms with Crippen molar-refractivity contribution >= 4 is 17.9 Å². The normalized spacial score (nSPS) is 20.4. The number of halogens is 1. The van der Waals surface area contributed by atoms with E-state index < -0.39 is 23.1 Å². The molecule has 0 bridgehead atoms. The molecule has 10 nitrogen and oxygen atoms in total. The zero-order valence-corrected chi connectivity index (χ0v) is 21.2. The number of carbonyl (C=O) groups excluding carboxylic acids is 1. The lowest BCUT2D eigenvalue weighted by Crippen LogP contribution is -2.45. The number of amides is 1. The standard InChI is InChI=1S/C25H33FN6O4/c1-16-19(26)12-18(14-27-16)20-13-21(29-22(28-20)31-8-10-35-11-9-31)30-25(17(2)33)6-7-32(15-25)23(34)36-24(3,4)5/h12-14,33H,2,6-11,15H2,1,3-5H3,(H,28,29,30)/t25-/m0/s1. The second-order valence-electron chi connectivity index (χ2n) is 10.1. The van der Waals surface area contributed by atoms with Gasteiger partial charge in [0, 0.05) is 37.5 Å². The molecule has 4 heterocycles. The molecule has 0 unspecified atom stereocenters. The van der Waals surface area contributed by atoms with Gasteiger partial charge in [-0.1, -0.05) is 6.58 Å². The predicted octanol–water partition coefficient (Wildman–Crippen LogP) is 3.69. The van der Waals surface area contributed by atoms with E-state index in [1.165, 1.54) is 11.0 Å². The van der Waals surface area contributed by atoms with Gasteiger partial charge in [0.2, 0.25) is 5.95 Å². The van der Waals surface area contributed by atoms with Crippen LogP contribution in [0.4, 0.5) is 21.0 Å². The first kappa shape index (κ1) is 25.6. The topological polar surface area (TPSA) is 113 Å². The first-order valence-corrected chi connectivity index (χ1v) is 11.9. The third kappa shape index (κ3) is 5.67. The van der Waals surface area contributed by atoms with Crippen LogP contribution in [-0.2, 0) is 9.47 Å². The third-order valence-electron chi connectivity index (χ3n) is 6.17. The SMILES string of the molecule is C=C(O)[C@]1(Nc2cc(-c3cnc(C)c(F)c3)nc(N3CCOCC3)n2)CCN(C(=O)OC(C)(C)C)C1. The number of pyridine rings is 1. The monoisotopic (exact) mass is 500 g/mol. The third-order valence-corrected chi connectivity index (χ3v) is 6.17. The minimum Gasteiger partial charge on any atom is -0.510 e. The summed E-state index contributed by atoms with van der Waals surface area (Å²) in [5.41, 5.74) is -0.416. The maximum absolute atomic E-state index is 14.3. The Hall–Kier alpha value is -3.47. The van der Waals surface area contributed by atoms with Gasteiger partial charge in [-0.15, -0.1) is 0 Å². The number of aryl methyl sites for hydroxylation is 1. The van der Waals surface area contributed by atoms with Crippen LogP contribution in [0.2, 0.25) is 0 Å². The number of ether oxygens (including phenoxy) is 2. The molecule has 2 fully saturated rings. The maximum atomic E-state index is 14.3. The van der Waals surface area contributed by atoms with Crippen molar-refractivity contribution in [2.75, 3.05) is 49.6 Å². The first-order valence-electron chi connectivity index (χ1n) is 11.9. The summed E-state index contributed by atoms with van der Waals surface area (Å²) in [7, 11) is 0. The lowest BCUT2D eigenvalue weighted by Gasteiger charge is -2.32. The average molecular weight is 501 g/mol. The molecule has 2 aromatic heterocycles. The molecule has 2 aliphatic rings. The Morgan fingerprint density at radius 1 is 1.25 bits per heavy atom.